The molecular formula is C23H33NO3. The zero-order valence-corrected chi connectivity index (χ0v) is 16.8. The number of nitrogens with two attached hydrogens (primary N) is 1. The first-order valence-electron chi connectivity index (χ1n) is 9.76. The molecule has 0 aliphatic heterocycles. The van der Waals surface area contributed by atoms with Crippen LogP contribution in [-0.2, 0) is 6.42 Å². The fraction of sp³-hybridized carbons (Fsp3) is 0.478. The minimum absolute atomic E-state index is 0.215. The van der Waals surface area contributed by atoms with Crippen LogP contribution < -0.4 is 10.5 Å². The quantitative estimate of drug-likeness (QED) is 0.556. The molecule has 0 heterocycles. The molecule has 4 nitrogen and oxygen atoms in total. The van der Waals surface area contributed by atoms with Crippen LogP contribution in [0.3, 0.4) is 0 Å². The van der Waals surface area contributed by atoms with Crippen molar-refractivity contribution in [3.05, 3.63) is 53.1 Å². The molecule has 0 fully saturated rings. The van der Waals surface area contributed by atoms with Gasteiger partial charge in [0.2, 0.25) is 0 Å². The molecule has 2 rings (SSSR count). The van der Waals surface area contributed by atoms with E-state index in [1.807, 2.05) is 0 Å². The first kappa shape index (κ1) is 21.4. The summed E-state index contributed by atoms with van der Waals surface area (Å²) in [4.78, 5) is 0. The first-order chi connectivity index (χ1) is 12.9. The second-order valence-electron chi connectivity index (χ2n) is 7.52. The van der Waals surface area contributed by atoms with Crippen molar-refractivity contribution in [3.63, 3.8) is 0 Å². The minimum Gasteiger partial charge on any atom is -0.493 e. The zero-order valence-electron chi connectivity index (χ0n) is 16.8. The fourth-order valence-electron chi connectivity index (χ4n) is 3.13. The molecule has 0 atom stereocenters. The summed E-state index contributed by atoms with van der Waals surface area (Å²) < 4.78 is 5.95. The average molecular weight is 372 g/mol. The normalized spacial score (nSPS) is 11.6. The van der Waals surface area contributed by atoms with Crippen LogP contribution in [0.2, 0.25) is 0 Å². The highest BCUT2D eigenvalue weighted by Gasteiger charge is 2.22. The Morgan fingerprint density at radius 3 is 2.07 bits per heavy atom. The molecule has 0 saturated carbocycles. The van der Waals surface area contributed by atoms with Gasteiger partial charge in [0.25, 0.3) is 0 Å². The van der Waals surface area contributed by atoms with Gasteiger partial charge in [0, 0.05) is 0 Å². The Kier molecular flexibility index (Phi) is 7.84. The first-order valence-corrected chi connectivity index (χ1v) is 9.76. The van der Waals surface area contributed by atoms with Crippen LogP contribution in [0.1, 0.15) is 42.9 Å². The molecule has 4 heteroatoms. The Hall–Kier alpha value is -1.88. The summed E-state index contributed by atoms with van der Waals surface area (Å²) in [5, 5.41) is 18.6. The molecule has 148 valence electrons. The van der Waals surface area contributed by atoms with Gasteiger partial charge >= 0.3 is 0 Å². The SMILES string of the molecule is CCCCOc1c(C)cc(-c2ccc(CCC(N)(CO)CO)cc2)cc1C. The maximum Gasteiger partial charge on any atom is 0.125 e. The van der Waals surface area contributed by atoms with Crippen molar-refractivity contribution in [1.29, 1.82) is 0 Å². The Morgan fingerprint density at radius 1 is 0.963 bits per heavy atom. The van der Waals surface area contributed by atoms with Crippen molar-refractivity contribution in [3.8, 4) is 16.9 Å². The second-order valence-corrected chi connectivity index (χ2v) is 7.52. The van der Waals surface area contributed by atoms with Gasteiger partial charge < -0.3 is 20.7 Å². The van der Waals surface area contributed by atoms with Gasteiger partial charge in [-0.05, 0) is 73.1 Å². The van der Waals surface area contributed by atoms with Gasteiger partial charge in [0.15, 0.2) is 0 Å². The Morgan fingerprint density at radius 2 is 1.56 bits per heavy atom. The molecule has 0 saturated heterocycles. The standard InChI is InChI=1S/C23H33NO3/c1-4-5-12-27-22-17(2)13-21(14-18(22)3)20-8-6-19(7-9-20)10-11-23(24,15-25)16-26/h6-9,13-14,25-26H,4-5,10-12,15-16,24H2,1-3H3. The van der Waals surface area contributed by atoms with E-state index in [9.17, 15) is 10.2 Å². The van der Waals surface area contributed by atoms with Crippen molar-refractivity contribution in [2.75, 3.05) is 19.8 Å². The van der Waals surface area contributed by atoms with Crippen molar-refractivity contribution >= 4 is 0 Å². The van der Waals surface area contributed by atoms with Gasteiger partial charge in [0.1, 0.15) is 5.75 Å². The molecule has 0 unspecified atom stereocenters. The highest BCUT2D eigenvalue weighted by atomic mass is 16.5. The highest BCUT2D eigenvalue weighted by molar-refractivity contribution is 5.67. The third-order valence-electron chi connectivity index (χ3n) is 5.03. The van der Waals surface area contributed by atoms with Crippen molar-refractivity contribution in [2.24, 2.45) is 5.73 Å². The van der Waals surface area contributed by atoms with Crippen LogP contribution in [0.15, 0.2) is 36.4 Å². The summed E-state index contributed by atoms with van der Waals surface area (Å²) in [5.74, 6) is 0.996. The monoisotopic (exact) mass is 371 g/mol. The number of hydrogen-bond donors (Lipinski definition) is 3. The molecule has 0 aromatic heterocycles. The van der Waals surface area contributed by atoms with Crippen LogP contribution >= 0.6 is 0 Å². The van der Waals surface area contributed by atoms with E-state index >= 15 is 0 Å². The van der Waals surface area contributed by atoms with Crippen molar-refractivity contribution < 1.29 is 14.9 Å². The van der Waals surface area contributed by atoms with Gasteiger partial charge in [-0.15, -0.1) is 0 Å². The van der Waals surface area contributed by atoms with E-state index in [0.717, 1.165) is 53.9 Å². The Balaban J connectivity index is 2.10. The topological polar surface area (TPSA) is 75.7 Å². The van der Waals surface area contributed by atoms with Crippen LogP contribution in [0.4, 0.5) is 0 Å². The van der Waals surface area contributed by atoms with Crippen LogP contribution in [-0.4, -0.2) is 35.6 Å². The molecule has 0 bridgehead atoms. The van der Waals surface area contributed by atoms with Gasteiger partial charge in [0.05, 0.1) is 25.4 Å². The maximum absolute atomic E-state index is 9.30. The van der Waals surface area contributed by atoms with Crippen LogP contribution in [0, 0.1) is 13.8 Å². The van der Waals surface area contributed by atoms with E-state index in [4.69, 9.17) is 10.5 Å². The van der Waals surface area contributed by atoms with Crippen molar-refractivity contribution in [1.82, 2.24) is 0 Å². The lowest BCUT2D eigenvalue weighted by atomic mass is 9.93. The van der Waals surface area contributed by atoms with Gasteiger partial charge in [-0.3, -0.25) is 0 Å². The number of aliphatic hydroxyl groups is 2. The minimum atomic E-state index is -0.916. The average Bonchev–Trinajstić information content (AvgIpc) is 2.68. The summed E-state index contributed by atoms with van der Waals surface area (Å²) in [6.07, 6.45) is 3.46. The third kappa shape index (κ3) is 5.80. The second kappa shape index (κ2) is 9.88. The fourth-order valence-corrected chi connectivity index (χ4v) is 3.13. The summed E-state index contributed by atoms with van der Waals surface area (Å²) >= 11 is 0. The van der Waals surface area contributed by atoms with Crippen molar-refractivity contribution in [2.45, 2.75) is 52.0 Å². The van der Waals surface area contributed by atoms with E-state index in [1.165, 1.54) is 5.56 Å². The lowest BCUT2D eigenvalue weighted by Gasteiger charge is -2.24. The highest BCUT2D eigenvalue weighted by Crippen LogP contribution is 2.30. The molecule has 0 aliphatic rings. The predicted octanol–water partition coefficient (Wildman–Crippen LogP) is 3.76. The largest absolute Gasteiger partial charge is 0.493 e. The van der Waals surface area contributed by atoms with Crippen LogP contribution in [0.5, 0.6) is 5.75 Å². The number of benzene rings is 2. The predicted molar refractivity (Wildman–Crippen MR) is 111 cm³/mol. The molecule has 0 aliphatic carbocycles. The maximum atomic E-state index is 9.30. The summed E-state index contributed by atoms with van der Waals surface area (Å²) in [7, 11) is 0. The number of aliphatic hydroxyl groups excluding tert-OH is 2. The number of rotatable bonds is 10. The van der Waals surface area contributed by atoms with E-state index in [0.29, 0.717) is 6.42 Å². The van der Waals surface area contributed by atoms with Crippen LogP contribution in [0.25, 0.3) is 11.1 Å². The lowest BCUT2D eigenvalue weighted by Crippen LogP contribution is -2.47. The van der Waals surface area contributed by atoms with E-state index in [-0.39, 0.29) is 13.2 Å². The number of unbranched alkanes of at least 4 members (excludes halogenated alkanes) is 1. The molecule has 0 radical (unpaired) electrons. The Labute approximate surface area is 163 Å². The molecule has 2 aromatic rings. The van der Waals surface area contributed by atoms with Gasteiger partial charge in [-0.2, -0.15) is 0 Å². The molecule has 2 aromatic carbocycles. The van der Waals surface area contributed by atoms with Gasteiger partial charge in [-0.1, -0.05) is 37.6 Å². The number of ether oxygens (including phenoxy) is 1. The number of hydrogen-bond acceptors (Lipinski definition) is 4. The summed E-state index contributed by atoms with van der Waals surface area (Å²) in [6, 6.07) is 12.7. The third-order valence-corrected chi connectivity index (χ3v) is 5.03. The summed E-state index contributed by atoms with van der Waals surface area (Å²) in [5.41, 5.74) is 10.8. The van der Waals surface area contributed by atoms with E-state index in [1.54, 1.807) is 0 Å². The zero-order chi connectivity index (χ0) is 19.9. The smallest absolute Gasteiger partial charge is 0.125 e. The van der Waals surface area contributed by atoms with Gasteiger partial charge in [-0.25, -0.2) is 0 Å². The molecular weight excluding hydrogens is 338 g/mol. The molecule has 27 heavy (non-hydrogen) atoms. The van der Waals surface area contributed by atoms with E-state index in [2.05, 4.69) is 57.2 Å². The molecule has 0 spiro atoms. The molecule has 4 N–H and O–H groups in total. The Bertz CT molecular complexity index is 698. The van der Waals surface area contributed by atoms with E-state index < -0.39 is 5.54 Å². The lowest BCUT2D eigenvalue weighted by molar-refractivity contribution is 0.115. The molecule has 0 amide bonds. The number of aryl methyl sites for hydroxylation is 3. The summed E-state index contributed by atoms with van der Waals surface area (Å²) in [6.45, 7) is 6.68.